The third kappa shape index (κ3) is 6.82. The highest BCUT2D eigenvalue weighted by molar-refractivity contribution is 5.72. The van der Waals surface area contributed by atoms with Crippen molar-refractivity contribution in [3.8, 4) is 0 Å². The quantitative estimate of drug-likeness (QED) is 0.629. The number of anilines is 1. The molecule has 1 aromatic carbocycles. The third-order valence-electron chi connectivity index (χ3n) is 3.08. The van der Waals surface area contributed by atoms with Gasteiger partial charge >= 0.3 is 0 Å². The summed E-state index contributed by atoms with van der Waals surface area (Å²) in [7, 11) is 0. The van der Waals surface area contributed by atoms with Crippen LogP contribution in [0.2, 0.25) is 0 Å². The normalized spacial score (nSPS) is 12.1. The maximum absolute atomic E-state index is 10.9. The molecule has 0 fully saturated rings. The van der Waals surface area contributed by atoms with Crippen LogP contribution in [0.5, 0.6) is 0 Å². The highest BCUT2D eigenvalue weighted by Gasteiger charge is 2.07. The predicted molar refractivity (Wildman–Crippen MR) is 79.7 cm³/mol. The number of hydrogen-bond donors (Lipinski definition) is 3. The first-order valence-corrected chi connectivity index (χ1v) is 6.94. The summed E-state index contributed by atoms with van der Waals surface area (Å²) in [6.45, 7) is 5.30. The molecule has 4 N–H and O–H groups in total. The van der Waals surface area contributed by atoms with Crippen molar-refractivity contribution in [1.29, 1.82) is 0 Å². The summed E-state index contributed by atoms with van der Waals surface area (Å²) in [6, 6.07) is 8.36. The van der Waals surface area contributed by atoms with E-state index in [0.29, 0.717) is 6.04 Å². The zero-order chi connectivity index (χ0) is 14.1. The number of hydrogen-bond acceptors (Lipinski definition) is 3. The zero-order valence-corrected chi connectivity index (χ0v) is 11.9. The molecular weight excluding hydrogens is 238 g/mol. The van der Waals surface area contributed by atoms with Crippen molar-refractivity contribution in [3.63, 3.8) is 0 Å². The Bertz CT molecular complexity index is 375. The summed E-state index contributed by atoms with van der Waals surface area (Å²) >= 11 is 0. The minimum absolute atomic E-state index is 0.0359. The standard InChI is InChI=1S/C15H25N3O/c1-3-4-15(9-10-17-12(2)19)18-11-13-5-7-14(16)8-6-13/h5-8,15,18H,3-4,9-11,16H2,1-2H3,(H,17,19). The molecule has 0 spiro atoms. The Balaban J connectivity index is 2.35. The lowest BCUT2D eigenvalue weighted by Gasteiger charge is -2.18. The second-order valence-electron chi connectivity index (χ2n) is 4.88. The Kier molecular flexibility index (Phi) is 6.97. The van der Waals surface area contributed by atoms with E-state index in [0.717, 1.165) is 38.0 Å². The molecule has 1 amide bonds. The average molecular weight is 263 g/mol. The Labute approximate surface area is 115 Å². The molecule has 4 heteroatoms. The lowest BCUT2D eigenvalue weighted by atomic mass is 10.1. The number of nitrogen functional groups attached to an aromatic ring is 1. The van der Waals surface area contributed by atoms with E-state index in [9.17, 15) is 4.79 Å². The van der Waals surface area contributed by atoms with E-state index >= 15 is 0 Å². The van der Waals surface area contributed by atoms with Crippen LogP contribution in [0.3, 0.4) is 0 Å². The minimum atomic E-state index is 0.0359. The minimum Gasteiger partial charge on any atom is -0.399 e. The van der Waals surface area contributed by atoms with Gasteiger partial charge in [0.15, 0.2) is 0 Å². The predicted octanol–water partition coefficient (Wildman–Crippen LogP) is 2.05. The van der Waals surface area contributed by atoms with Crippen molar-refractivity contribution < 1.29 is 4.79 Å². The molecule has 0 radical (unpaired) electrons. The van der Waals surface area contributed by atoms with Crippen LogP contribution >= 0.6 is 0 Å². The highest BCUT2D eigenvalue weighted by atomic mass is 16.1. The summed E-state index contributed by atoms with van der Waals surface area (Å²) in [4.78, 5) is 10.9. The molecule has 1 unspecified atom stereocenters. The maximum atomic E-state index is 10.9. The fourth-order valence-electron chi connectivity index (χ4n) is 2.02. The van der Waals surface area contributed by atoms with Crippen LogP contribution in [0.4, 0.5) is 5.69 Å². The van der Waals surface area contributed by atoms with Gasteiger partial charge in [0.2, 0.25) is 5.91 Å². The lowest BCUT2D eigenvalue weighted by Crippen LogP contribution is -2.33. The molecular formula is C15H25N3O. The molecule has 0 saturated carbocycles. The van der Waals surface area contributed by atoms with E-state index in [2.05, 4.69) is 17.6 Å². The number of nitrogens with two attached hydrogens (primary N) is 1. The maximum Gasteiger partial charge on any atom is 0.216 e. The smallest absolute Gasteiger partial charge is 0.216 e. The summed E-state index contributed by atoms with van der Waals surface area (Å²) in [6.07, 6.45) is 3.22. The Morgan fingerprint density at radius 1 is 1.26 bits per heavy atom. The number of nitrogens with one attached hydrogen (secondary N) is 2. The molecule has 1 aromatic rings. The van der Waals surface area contributed by atoms with Crippen molar-refractivity contribution in [1.82, 2.24) is 10.6 Å². The van der Waals surface area contributed by atoms with E-state index in [1.807, 2.05) is 24.3 Å². The first-order valence-electron chi connectivity index (χ1n) is 6.94. The van der Waals surface area contributed by atoms with Crippen LogP contribution in [0.25, 0.3) is 0 Å². The van der Waals surface area contributed by atoms with Crippen LogP contribution < -0.4 is 16.4 Å². The fourth-order valence-corrected chi connectivity index (χ4v) is 2.02. The molecule has 0 heterocycles. The molecule has 0 aliphatic rings. The van der Waals surface area contributed by atoms with Gasteiger partial charge in [-0.3, -0.25) is 4.79 Å². The van der Waals surface area contributed by atoms with Crippen LogP contribution in [0, 0.1) is 0 Å². The van der Waals surface area contributed by atoms with E-state index in [1.54, 1.807) is 6.92 Å². The number of carbonyl (C=O) groups is 1. The molecule has 1 rings (SSSR count). The first kappa shape index (κ1) is 15.5. The molecule has 106 valence electrons. The van der Waals surface area contributed by atoms with Gasteiger partial charge < -0.3 is 16.4 Å². The van der Waals surface area contributed by atoms with Crippen molar-refractivity contribution in [3.05, 3.63) is 29.8 Å². The first-order chi connectivity index (χ1) is 9.11. The van der Waals surface area contributed by atoms with Gasteiger partial charge in [0, 0.05) is 31.7 Å². The number of rotatable bonds is 8. The second-order valence-corrected chi connectivity index (χ2v) is 4.88. The number of benzene rings is 1. The zero-order valence-electron chi connectivity index (χ0n) is 11.9. The molecule has 0 bridgehead atoms. The van der Waals surface area contributed by atoms with Crippen molar-refractivity contribution in [2.75, 3.05) is 12.3 Å². The summed E-state index contributed by atoms with van der Waals surface area (Å²) in [5.41, 5.74) is 7.69. The van der Waals surface area contributed by atoms with Crippen LogP contribution in [0.15, 0.2) is 24.3 Å². The summed E-state index contributed by atoms with van der Waals surface area (Å²) < 4.78 is 0. The lowest BCUT2D eigenvalue weighted by molar-refractivity contribution is -0.118. The Morgan fingerprint density at radius 2 is 1.95 bits per heavy atom. The summed E-state index contributed by atoms with van der Waals surface area (Å²) in [5, 5.41) is 6.38. The molecule has 19 heavy (non-hydrogen) atoms. The van der Waals surface area contributed by atoms with Gasteiger partial charge in [0.05, 0.1) is 0 Å². The van der Waals surface area contributed by atoms with Crippen LogP contribution in [-0.4, -0.2) is 18.5 Å². The average Bonchev–Trinajstić information content (AvgIpc) is 2.37. The molecule has 0 aromatic heterocycles. The fraction of sp³-hybridized carbons (Fsp3) is 0.533. The van der Waals surface area contributed by atoms with Crippen LogP contribution in [-0.2, 0) is 11.3 Å². The molecule has 1 atom stereocenters. The van der Waals surface area contributed by atoms with E-state index in [-0.39, 0.29) is 5.91 Å². The number of carbonyl (C=O) groups excluding carboxylic acids is 1. The molecule has 0 aliphatic heterocycles. The van der Waals surface area contributed by atoms with E-state index < -0.39 is 0 Å². The van der Waals surface area contributed by atoms with E-state index in [4.69, 9.17) is 5.73 Å². The monoisotopic (exact) mass is 263 g/mol. The largest absolute Gasteiger partial charge is 0.399 e. The highest BCUT2D eigenvalue weighted by Crippen LogP contribution is 2.07. The van der Waals surface area contributed by atoms with Gasteiger partial charge in [-0.1, -0.05) is 25.5 Å². The van der Waals surface area contributed by atoms with Gasteiger partial charge in [0.25, 0.3) is 0 Å². The molecule has 4 nitrogen and oxygen atoms in total. The Morgan fingerprint density at radius 3 is 2.53 bits per heavy atom. The van der Waals surface area contributed by atoms with Gasteiger partial charge in [0.1, 0.15) is 0 Å². The molecule has 0 saturated heterocycles. The van der Waals surface area contributed by atoms with Gasteiger partial charge in [-0.05, 0) is 30.5 Å². The topological polar surface area (TPSA) is 67.2 Å². The SMILES string of the molecule is CCCC(CCNC(C)=O)NCc1ccc(N)cc1. The second kappa shape index (κ2) is 8.53. The van der Waals surface area contributed by atoms with Crippen molar-refractivity contribution >= 4 is 11.6 Å². The van der Waals surface area contributed by atoms with Gasteiger partial charge in [-0.25, -0.2) is 0 Å². The van der Waals surface area contributed by atoms with E-state index in [1.165, 1.54) is 5.56 Å². The van der Waals surface area contributed by atoms with Gasteiger partial charge in [-0.2, -0.15) is 0 Å². The Hall–Kier alpha value is -1.55. The van der Waals surface area contributed by atoms with Crippen molar-refractivity contribution in [2.24, 2.45) is 0 Å². The van der Waals surface area contributed by atoms with Gasteiger partial charge in [-0.15, -0.1) is 0 Å². The summed E-state index contributed by atoms with van der Waals surface area (Å²) in [5.74, 6) is 0.0359. The van der Waals surface area contributed by atoms with Crippen LogP contribution in [0.1, 0.15) is 38.7 Å². The molecule has 0 aliphatic carbocycles. The van der Waals surface area contributed by atoms with Crippen molar-refractivity contribution in [2.45, 2.75) is 45.7 Å². The third-order valence-corrected chi connectivity index (χ3v) is 3.08. The number of amides is 1.